The summed E-state index contributed by atoms with van der Waals surface area (Å²) in [5.41, 5.74) is 5.16. The number of methoxy groups -OCH3 is 2. The Balaban J connectivity index is 2.18. The van der Waals surface area contributed by atoms with Crippen molar-refractivity contribution in [3.63, 3.8) is 0 Å². The van der Waals surface area contributed by atoms with Gasteiger partial charge in [0.1, 0.15) is 0 Å². The molecule has 1 saturated carbocycles. The maximum atomic E-state index is 12.7. The molecule has 0 bridgehead atoms. The van der Waals surface area contributed by atoms with Crippen LogP contribution in [-0.4, -0.2) is 51.1 Å². The summed E-state index contributed by atoms with van der Waals surface area (Å²) >= 11 is 0. The number of hydrogen-bond acceptors (Lipinski definition) is 7. The standard InChI is InChI=1S/C20H27N3O7/c1-28-15-8-13(20(27)30-11-18(25)22-10-17(21)24)14(9-16(15)29-2)23-19(26)12-6-4-3-5-7-12/h8-9,12H,3-7,10-11H2,1-2H3,(H2,21,24)(H,22,25)(H,23,26). The number of rotatable bonds is 9. The van der Waals surface area contributed by atoms with E-state index in [-0.39, 0.29) is 35.4 Å². The number of nitrogens with one attached hydrogen (secondary N) is 2. The highest BCUT2D eigenvalue weighted by Crippen LogP contribution is 2.34. The average Bonchev–Trinajstić information content (AvgIpc) is 2.76. The van der Waals surface area contributed by atoms with Crippen molar-refractivity contribution in [1.82, 2.24) is 5.32 Å². The minimum Gasteiger partial charge on any atom is -0.493 e. The van der Waals surface area contributed by atoms with Crippen LogP contribution in [0, 0.1) is 5.92 Å². The van der Waals surface area contributed by atoms with E-state index in [0.717, 1.165) is 32.1 Å². The molecule has 10 nitrogen and oxygen atoms in total. The average molecular weight is 421 g/mol. The van der Waals surface area contributed by atoms with Crippen LogP contribution in [0.25, 0.3) is 0 Å². The lowest BCUT2D eigenvalue weighted by molar-refractivity contribution is -0.127. The predicted molar refractivity (Wildman–Crippen MR) is 107 cm³/mol. The number of esters is 1. The van der Waals surface area contributed by atoms with Crippen molar-refractivity contribution >= 4 is 29.4 Å². The second-order valence-corrected chi connectivity index (χ2v) is 6.90. The van der Waals surface area contributed by atoms with Gasteiger partial charge in [0.25, 0.3) is 5.91 Å². The molecule has 0 saturated heterocycles. The lowest BCUT2D eigenvalue weighted by Crippen LogP contribution is -2.36. The van der Waals surface area contributed by atoms with Gasteiger partial charge in [-0.25, -0.2) is 4.79 Å². The molecule has 164 valence electrons. The van der Waals surface area contributed by atoms with E-state index in [9.17, 15) is 19.2 Å². The molecule has 1 aliphatic carbocycles. The monoisotopic (exact) mass is 421 g/mol. The third-order valence-corrected chi connectivity index (χ3v) is 4.77. The zero-order valence-electron chi connectivity index (χ0n) is 17.1. The summed E-state index contributed by atoms with van der Waals surface area (Å²) in [6, 6.07) is 2.85. The molecule has 3 amide bonds. The number of primary amides is 1. The van der Waals surface area contributed by atoms with Crippen LogP contribution in [0.15, 0.2) is 12.1 Å². The first kappa shape index (κ1) is 23.0. The fourth-order valence-corrected chi connectivity index (χ4v) is 3.20. The van der Waals surface area contributed by atoms with Crippen LogP contribution in [0.5, 0.6) is 11.5 Å². The van der Waals surface area contributed by atoms with Crippen LogP contribution in [0.1, 0.15) is 42.5 Å². The fourth-order valence-electron chi connectivity index (χ4n) is 3.20. The number of amides is 3. The summed E-state index contributed by atoms with van der Waals surface area (Å²) in [4.78, 5) is 47.6. The fraction of sp³-hybridized carbons (Fsp3) is 0.500. The highest BCUT2D eigenvalue weighted by atomic mass is 16.5. The van der Waals surface area contributed by atoms with Crippen LogP contribution >= 0.6 is 0 Å². The molecule has 0 atom stereocenters. The zero-order chi connectivity index (χ0) is 22.1. The lowest BCUT2D eigenvalue weighted by Gasteiger charge is -2.22. The first-order chi connectivity index (χ1) is 14.3. The van der Waals surface area contributed by atoms with Crippen molar-refractivity contribution in [2.24, 2.45) is 11.7 Å². The Morgan fingerprint density at radius 3 is 2.27 bits per heavy atom. The van der Waals surface area contributed by atoms with Crippen molar-refractivity contribution in [3.05, 3.63) is 17.7 Å². The Kier molecular flexibility index (Phi) is 8.45. The summed E-state index contributed by atoms with van der Waals surface area (Å²) in [6.45, 7) is -0.980. The minimum atomic E-state index is -0.843. The van der Waals surface area contributed by atoms with Crippen LogP contribution in [0.3, 0.4) is 0 Å². The van der Waals surface area contributed by atoms with Crippen LogP contribution < -0.4 is 25.8 Å². The molecule has 1 aliphatic rings. The third kappa shape index (κ3) is 6.36. The number of benzene rings is 1. The van der Waals surface area contributed by atoms with Gasteiger partial charge in [-0.3, -0.25) is 14.4 Å². The van der Waals surface area contributed by atoms with Crippen molar-refractivity contribution in [3.8, 4) is 11.5 Å². The van der Waals surface area contributed by atoms with Crippen LogP contribution in [0.2, 0.25) is 0 Å². The van der Waals surface area contributed by atoms with E-state index < -0.39 is 24.4 Å². The largest absolute Gasteiger partial charge is 0.493 e. The summed E-state index contributed by atoms with van der Waals surface area (Å²) < 4.78 is 15.5. The Morgan fingerprint density at radius 2 is 1.67 bits per heavy atom. The molecule has 0 aromatic heterocycles. The Hall–Kier alpha value is -3.30. The molecule has 0 aliphatic heterocycles. The van der Waals surface area contributed by atoms with Crippen LogP contribution in [0.4, 0.5) is 5.69 Å². The van der Waals surface area contributed by atoms with E-state index in [1.807, 2.05) is 0 Å². The van der Waals surface area contributed by atoms with Gasteiger partial charge in [0.05, 0.1) is 32.0 Å². The van der Waals surface area contributed by atoms with Gasteiger partial charge < -0.3 is 30.6 Å². The summed E-state index contributed by atoms with van der Waals surface area (Å²) in [5, 5.41) is 4.99. The third-order valence-electron chi connectivity index (χ3n) is 4.77. The molecular formula is C20H27N3O7. The molecule has 1 aromatic rings. The second-order valence-electron chi connectivity index (χ2n) is 6.90. The Bertz CT molecular complexity index is 804. The van der Waals surface area contributed by atoms with Gasteiger partial charge in [-0.2, -0.15) is 0 Å². The normalized spacial score (nSPS) is 13.8. The minimum absolute atomic E-state index is 0.0134. The number of hydrogen-bond donors (Lipinski definition) is 3. The molecule has 1 fully saturated rings. The molecule has 0 heterocycles. The number of nitrogens with two attached hydrogens (primary N) is 1. The lowest BCUT2D eigenvalue weighted by atomic mass is 9.88. The van der Waals surface area contributed by atoms with Crippen molar-refractivity contribution in [1.29, 1.82) is 0 Å². The number of anilines is 1. The molecule has 0 unspecified atom stereocenters. The van der Waals surface area contributed by atoms with E-state index in [1.165, 1.54) is 26.4 Å². The van der Waals surface area contributed by atoms with Gasteiger partial charge >= 0.3 is 5.97 Å². The maximum absolute atomic E-state index is 12.7. The highest BCUT2D eigenvalue weighted by Gasteiger charge is 2.25. The zero-order valence-corrected chi connectivity index (χ0v) is 17.1. The first-order valence-electron chi connectivity index (χ1n) is 9.64. The predicted octanol–water partition coefficient (Wildman–Crippen LogP) is 0.981. The Labute approximate surface area is 174 Å². The SMILES string of the molecule is COc1cc(NC(=O)C2CCCCC2)c(C(=O)OCC(=O)NCC(N)=O)cc1OC. The summed E-state index contributed by atoms with van der Waals surface area (Å²) in [7, 11) is 2.84. The number of carbonyl (C=O) groups is 4. The molecular weight excluding hydrogens is 394 g/mol. The maximum Gasteiger partial charge on any atom is 0.340 e. The van der Waals surface area contributed by atoms with Crippen molar-refractivity contribution in [2.45, 2.75) is 32.1 Å². The molecule has 4 N–H and O–H groups in total. The van der Waals surface area contributed by atoms with E-state index in [1.54, 1.807) is 0 Å². The van der Waals surface area contributed by atoms with E-state index >= 15 is 0 Å². The van der Waals surface area contributed by atoms with Crippen molar-refractivity contribution < 1.29 is 33.4 Å². The van der Waals surface area contributed by atoms with Crippen LogP contribution in [-0.2, 0) is 19.1 Å². The van der Waals surface area contributed by atoms with Gasteiger partial charge in [0.15, 0.2) is 18.1 Å². The number of ether oxygens (including phenoxy) is 3. The highest BCUT2D eigenvalue weighted by molar-refractivity contribution is 6.03. The second kappa shape index (κ2) is 11.0. The van der Waals surface area contributed by atoms with E-state index in [2.05, 4.69) is 10.6 Å². The van der Waals surface area contributed by atoms with Gasteiger partial charge in [0, 0.05) is 18.1 Å². The smallest absolute Gasteiger partial charge is 0.340 e. The summed E-state index contributed by atoms with van der Waals surface area (Å²) in [5.74, 6) is -1.97. The molecule has 1 aromatic carbocycles. The van der Waals surface area contributed by atoms with E-state index in [4.69, 9.17) is 19.9 Å². The first-order valence-corrected chi connectivity index (χ1v) is 9.64. The van der Waals surface area contributed by atoms with Gasteiger partial charge in [0.2, 0.25) is 11.8 Å². The van der Waals surface area contributed by atoms with Gasteiger partial charge in [-0.05, 0) is 12.8 Å². The molecule has 0 radical (unpaired) electrons. The molecule has 30 heavy (non-hydrogen) atoms. The summed E-state index contributed by atoms with van der Waals surface area (Å²) in [6.07, 6.45) is 4.66. The number of carbonyl (C=O) groups excluding carboxylic acids is 4. The topological polar surface area (TPSA) is 146 Å². The van der Waals surface area contributed by atoms with Gasteiger partial charge in [-0.15, -0.1) is 0 Å². The van der Waals surface area contributed by atoms with E-state index in [0.29, 0.717) is 5.75 Å². The molecule has 2 rings (SSSR count). The van der Waals surface area contributed by atoms with Crippen molar-refractivity contribution in [2.75, 3.05) is 32.7 Å². The molecule has 10 heteroatoms. The Morgan fingerprint density at radius 1 is 1.03 bits per heavy atom. The quantitative estimate of drug-likeness (QED) is 0.504. The molecule has 0 spiro atoms. The van der Waals surface area contributed by atoms with Gasteiger partial charge in [-0.1, -0.05) is 19.3 Å².